The van der Waals surface area contributed by atoms with Crippen molar-refractivity contribution < 1.29 is 5.11 Å². The van der Waals surface area contributed by atoms with E-state index in [1.54, 1.807) is 6.20 Å². The minimum absolute atomic E-state index is 0.109. The van der Waals surface area contributed by atoms with E-state index in [1.807, 2.05) is 24.6 Å². The minimum Gasteiger partial charge on any atom is -0.386 e. The molecule has 0 aliphatic heterocycles. The van der Waals surface area contributed by atoms with Gasteiger partial charge in [0.2, 0.25) is 0 Å². The van der Waals surface area contributed by atoms with E-state index in [4.69, 9.17) is 11.6 Å². The summed E-state index contributed by atoms with van der Waals surface area (Å²) in [5.41, 5.74) is 3.32. The Labute approximate surface area is 124 Å². The Hall–Kier alpha value is -1.32. The number of hydrogen-bond acceptors (Lipinski definition) is 2. The molecule has 0 bridgehead atoms. The van der Waals surface area contributed by atoms with Crippen molar-refractivity contribution in [3.8, 4) is 0 Å². The number of aliphatic hydroxyl groups is 1. The number of halogens is 1. The summed E-state index contributed by atoms with van der Waals surface area (Å²) in [5.74, 6) is 0.109. The van der Waals surface area contributed by atoms with Crippen molar-refractivity contribution in [2.75, 3.05) is 0 Å². The fourth-order valence-electron chi connectivity index (χ4n) is 3.15. The molecule has 0 saturated carbocycles. The molecule has 3 rings (SSSR count). The van der Waals surface area contributed by atoms with Crippen LogP contribution in [0.4, 0.5) is 0 Å². The van der Waals surface area contributed by atoms with Crippen LogP contribution in [0.2, 0.25) is 5.02 Å². The average Bonchev–Trinajstić information content (AvgIpc) is 3.01. The topological polar surface area (TPSA) is 38.0 Å². The Morgan fingerprint density at radius 2 is 2.10 bits per heavy atom. The summed E-state index contributed by atoms with van der Waals surface area (Å²) in [5, 5.41) is 15.7. The van der Waals surface area contributed by atoms with Crippen LogP contribution in [0.25, 0.3) is 0 Å². The molecule has 1 N–H and O–H groups in total. The molecule has 0 saturated heterocycles. The van der Waals surface area contributed by atoms with Crippen LogP contribution in [-0.2, 0) is 6.42 Å². The Balaban J connectivity index is 1.99. The van der Waals surface area contributed by atoms with Crippen LogP contribution in [0, 0.1) is 0 Å². The van der Waals surface area contributed by atoms with E-state index in [-0.39, 0.29) is 12.0 Å². The van der Waals surface area contributed by atoms with Gasteiger partial charge < -0.3 is 5.11 Å². The van der Waals surface area contributed by atoms with Crippen molar-refractivity contribution in [3.63, 3.8) is 0 Å². The van der Waals surface area contributed by atoms with Crippen molar-refractivity contribution >= 4 is 11.6 Å². The van der Waals surface area contributed by atoms with Gasteiger partial charge in [-0.05, 0) is 37.8 Å². The van der Waals surface area contributed by atoms with Crippen LogP contribution in [0.1, 0.15) is 55.2 Å². The van der Waals surface area contributed by atoms with Gasteiger partial charge in [-0.15, -0.1) is 0 Å². The number of aryl methyl sites for hydroxylation is 1. The first-order valence-electron chi connectivity index (χ1n) is 7.08. The molecule has 0 radical (unpaired) electrons. The Kier molecular flexibility index (Phi) is 3.57. The van der Waals surface area contributed by atoms with Gasteiger partial charge >= 0.3 is 0 Å². The average molecular weight is 291 g/mol. The third-order valence-corrected chi connectivity index (χ3v) is 4.41. The van der Waals surface area contributed by atoms with E-state index in [0.717, 1.165) is 18.5 Å². The fraction of sp³-hybridized carbons (Fsp3) is 0.438. The summed E-state index contributed by atoms with van der Waals surface area (Å²) >= 11 is 6.25. The van der Waals surface area contributed by atoms with E-state index in [2.05, 4.69) is 23.3 Å². The number of aromatic nitrogens is 2. The zero-order valence-electron chi connectivity index (χ0n) is 11.8. The van der Waals surface area contributed by atoms with Gasteiger partial charge in [0.15, 0.2) is 0 Å². The fourth-order valence-corrected chi connectivity index (χ4v) is 3.39. The Bertz CT molecular complexity index is 621. The lowest BCUT2D eigenvalue weighted by atomic mass is 9.93. The zero-order valence-corrected chi connectivity index (χ0v) is 12.5. The second kappa shape index (κ2) is 5.23. The first kappa shape index (κ1) is 13.7. The molecule has 2 unspecified atom stereocenters. The lowest BCUT2D eigenvalue weighted by molar-refractivity contribution is 0.133. The second-order valence-electron chi connectivity index (χ2n) is 5.70. The van der Waals surface area contributed by atoms with Crippen LogP contribution in [-0.4, -0.2) is 14.9 Å². The summed E-state index contributed by atoms with van der Waals surface area (Å²) in [6.45, 7) is 4.09. The number of rotatable bonds is 3. The highest BCUT2D eigenvalue weighted by Crippen LogP contribution is 2.43. The molecule has 0 fully saturated rings. The molecule has 1 aromatic carbocycles. The SMILES string of the molecule is CC(C)n1ncc(Cl)c1C(O)C1CCc2ccccc21. The summed E-state index contributed by atoms with van der Waals surface area (Å²) in [6, 6.07) is 8.53. The van der Waals surface area contributed by atoms with Crippen molar-refractivity contribution in [1.29, 1.82) is 0 Å². The first-order chi connectivity index (χ1) is 9.59. The molecule has 2 atom stereocenters. The summed E-state index contributed by atoms with van der Waals surface area (Å²) in [6.07, 6.45) is 3.00. The first-order valence-corrected chi connectivity index (χ1v) is 7.46. The van der Waals surface area contributed by atoms with Crippen LogP contribution >= 0.6 is 11.6 Å². The van der Waals surface area contributed by atoms with Gasteiger partial charge in [0, 0.05) is 12.0 Å². The number of nitrogens with zero attached hydrogens (tertiary/aromatic N) is 2. The molecule has 4 heteroatoms. The lowest BCUT2D eigenvalue weighted by Crippen LogP contribution is -2.16. The van der Waals surface area contributed by atoms with Crippen LogP contribution in [0.5, 0.6) is 0 Å². The largest absolute Gasteiger partial charge is 0.386 e. The maximum absolute atomic E-state index is 10.8. The molecule has 3 nitrogen and oxygen atoms in total. The monoisotopic (exact) mass is 290 g/mol. The van der Waals surface area contributed by atoms with Crippen molar-refractivity contribution in [2.24, 2.45) is 0 Å². The Morgan fingerprint density at radius 1 is 1.35 bits per heavy atom. The van der Waals surface area contributed by atoms with Gasteiger partial charge in [0.25, 0.3) is 0 Å². The van der Waals surface area contributed by atoms with Crippen molar-refractivity contribution in [1.82, 2.24) is 9.78 Å². The predicted octanol–water partition coefficient (Wildman–Crippen LogP) is 3.88. The highest BCUT2D eigenvalue weighted by Gasteiger charge is 2.33. The van der Waals surface area contributed by atoms with Crippen LogP contribution in [0.3, 0.4) is 0 Å². The maximum Gasteiger partial charge on any atom is 0.104 e. The lowest BCUT2D eigenvalue weighted by Gasteiger charge is -2.22. The molecule has 2 aromatic rings. The van der Waals surface area contributed by atoms with E-state index in [9.17, 15) is 5.11 Å². The molecule has 1 heterocycles. The normalized spacial score (nSPS) is 19.4. The van der Waals surface area contributed by atoms with Crippen LogP contribution < -0.4 is 0 Å². The molecular weight excluding hydrogens is 272 g/mol. The standard InChI is InChI=1S/C16H19ClN2O/c1-10(2)19-15(14(17)9-18-19)16(20)13-8-7-11-5-3-4-6-12(11)13/h3-6,9-10,13,16,20H,7-8H2,1-2H3. The zero-order chi connectivity index (χ0) is 14.3. The summed E-state index contributed by atoms with van der Waals surface area (Å²) in [7, 11) is 0. The highest BCUT2D eigenvalue weighted by molar-refractivity contribution is 6.31. The maximum atomic E-state index is 10.8. The highest BCUT2D eigenvalue weighted by atomic mass is 35.5. The van der Waals surface area contributed by atoms with E-state index in [0.29, 0.717) is 5.02 Å². The number of hydrogen-bond donors (Lipinski definition) is 1. The predicted molar refractivity (Wildman–Crippen MR) is 80.1 cm³/mol. The van der Waals surface area contributed by atoms with Crippen molar-refractivity contribution in [2.45, 2.75) is 44.8 Å². The van der Waals surface area contributed by atoms with Gasteiger partial charge in [-0.2, -0.15) is 5.10 Å². The molecule has 20 heavy (non-hydrogen) atoms. The van der Waals surface area contributed by atoms with Gasteiger partial charge in [0.05, 0.1) is 16.9 Å². The number of benzene rings is 1. The Morgan fingerprint density at radius 3 is 2.85 bits per heavy atom. The smallest absolute Gasteiger partial charge is 0.104 e. The van der Waals surface area contributed by atoms with Gasteiger partial charge in [-0.25, -0.2) is 0 Å². The summed E-state index contributed by atoms with van der Waals surface area (Å²) in [4.78, 5) is 0. The van der Waals surface area contributed by atoms with E-state index >= 15 is 0 Å². The molecule has 0 amide bonds. The molecular formula is C16H19ClN2O. The number of fused-ring (bicyclic) bond motifs is 1. The quantitative estimate of drug-likeness (QED) is 0.931. The second-order valence-corrected chi connectivity index (χ2v) is 6.11. The summed E-state index contributed by atoms with van der Waals surface area (Å²) < 4.78 is 1.83. The minimum atomic E-state index is -0.601. The number of aliphatic hydroxyl groups excluding tert-OH is 1. The van der Waals surface area contributed by atoms with Crippen LogP contribution in [0.15, 0.2) is 30.5 Å². The molecule has 0 spiro atoms. The van der Waals surface area contributed by atoms with E-state index in [1.165, 1.54) is 11.1 Å². The van der Waals surface area contributed by atoms with E-state index < -0.39 is 6.10 Å². The molecule has 106 valence electrons. The molecule has 1 aromatic heterocycles. The van der Waals surface area contributed by atoms with Gasteiger partial charge in [-0.3, -0.25) is 4.68 Å². The van der Waals surface area contributed by atoms with Crippen molar-refractivity contribution in [3.05, 3.63) is 52.3 Å². The molecule has 1 aliphatic carbocycles. The third kappa shape index (κ3) is 2.15. The third-order valence-electron chi connectivity index (χ3n) is 4.12. The van der Waals surface area contributed by atoms with Gasteiger partial charge in [0.1, 0.15) is 6.10 Å². The molecule has 1 aliphatic rings. The van der Waals surface area contributed by atoms with Gasteiger partial charge in [-0.1, -0.05) is 35.9 Å².